The van der Waals surface area contributed by atoms with E-state index in [4.69, 9.17) is 9.47 Å². The molecule has 112 valence electrons. The number of methoxy groups -OCH3 is 1. The second-order valence-electron chi connectivity index (χ2n) is 4.57. The average Bonchev–Trinajstić information content (AvgIpc) is 2.50. The highest BCUT2D eigenvalue weighted by atomic mass is 19.1. The number of hydrogen-bond donors (Lipinski definition) is 1. The van der Waals surface area contributed by atoms with Gasteiger partial charge in [0.1, 0.15) is 18.2 Å². The van der Waals surface area contributed by atoms with E-state index in [2.05, 4.69) is 10.3 Å². The van der Waals surface area contributed by atoms with Gasteiger partial charge in [-0.05, 0) is 29.8 Å². The molecule has 0 saturated heterocycles. The summed E-state index contributed by atoms with van der Waals surface area (Å²) in [7, 11) is 1.65. The third-order valence-corrected chi connectivity index (χ3v) is 2.86. The summed E-state index contributed by atoms with van der Waals surface area (Å²) in [5.41, 5.74) is 1.64. The molecule has 5 heteroatoms. The van der Waals surface area contributed by atoms with E-state index in [1.807, 2.05) is 24.3 Å². The van der Waals surface area contributed by atoms with Crippen molar-refractivity contribution in [1.29, 1.82) is 0 Å². The van der Waals surface area contributed by atoms with Gasteiger partial charge < -0.3 is 14.8 Å². The SMILES string of the molecule is COCCNCc1cc(F)cc(OCc2ccccn2)c1. The molecular weight excluding hydrogens is 271 g/mol. The van der Waals surface area contributed by atoms with Crippen LogP contribution in [0.5, 0.6) is 5.75 Å². The fourth-order valence-corrected chi connectivity index (χ4v) is 1.85. The highest BCUT2D eigenvalue weighted by Crippen LogP contribution is 2.17. The predicted molar refractivity (Wildman–Crippen MR) is 78.6 cm³/mol. The molecule has 4 nitrogen and oxygen atoms in total. The maximum Gasteiger partial charge on any atom is 0.130 e. The summed E-state index contributed by atoms with van der Waals surface area (Å²) in [6.07, 6.45) is 1.70. The molecule has 0 aliphatic heterocycles. The van der Waals surface area contributed by atoms with Crippen LogP contribution in [0.15, 0.2) is 42.6 Å². The van der Waals surface area contributed by atoms with Gasteiger partial charge in [-0.1, -0.05) is 6.07 Å². The molecule has 0 saturated carbocycles. The molecule has 21 heavy (non-hydrogen) atoms. The van der Waals surface area contributed by atoms with Crippen molar-refractivity contribution >= 4 is 0 Å². The van der Waals surface area contributed by atoms with Gasteiger partial charge in [-0.25, -0.2) is 4.39 Å². The first-order chi connectivity index (χ1) is 10.3. The number of benzene rings is 1. The van der Waals surface area contributed by atoms with Gasteiger partial charge in [0.2, 0.25) is 0 Å². The van der Waals surface area contributed by atoms with Gasteiger partial charge in [0, 0.05) is 32.5 Å². The van der Waals surface area contributed by atoms with E-state index in [1.165, 1.54) is 12.1 Å². The van der Waals surface area contributed by atoms with Crippen molar-refractivity contribution in [3.8, 4) is 5.75 Å². The minimum atomic E-state index is -0.308. The van der Waals surface area contributed by atoms with Crippen LogP contribution in [-0.2, 0) is 17.9 Å². The normalized spacial score (nSPS) is 10.6. The van der Waals surface area contributed by atoms with Crippen LogP contribution in [0.2, 0.25) is 0 Å². The summed E-state index contributed by atoms with van der Waals surface area (Å²) in [5, 5.41) is 3.17. The maximum atomic E-state index is 13.6. The zero-order valence-corrected chi connectivity index (χ0v) is 12.0. The monoisotopic (exact) mass is 290 g/mol. The van der Waals surface area contributed by atoms with E-state index in [-0.39, 0.29) is 5.82 Å². The molecule has 0 bridgehead atoms. The summed E-state index contributed by atoms with van der Waals surface area (Å²) in [5.74, 6) is 0.196. The van der Waals surface area contributed by atoms with E-state index in [0.29, 0.717) is 25.5 Å². The third-order valence-electron chi connectivity index (χ3n) is 2.86. The van der Waals surface area contributed by atoms with Crippen LogP contribution in [0.4, 0.5) is 4.39 Å². The lowest BCUT2D eigenvalue weighted by molar-refractivity contribution is 0.199. The Labute approximate surface area is 123 Å². The molecule has 1 aromatic carbocycles. The van der Waals surface area contributed by atoms with E-state index < -0.39 is 0 Å². The summed E-state index contributed by atoms with van der Waals surface area (Å²) in [6.45, 7) is 2.23. The molecule has 0 atom stereocenters. The van der Waals surface area contributed by atoms with Gasteiger partial charge in [0.15, 0.2) is 0 Å². The predicted octanol–water partition coefficient (Wildman–Crippen LogP) is 2.54. The number of halogens is 1. The van der Waals surface area contributed by atoms with Crippen LogP contribution in [0, 0.1) is 5.82 Å². The Balaban J connectivity index is 1.91. The zero-order valence-electron chi connectivity index (χ0n) is 12.0. The molecule has 0 unspecified atom stereocenters. The molecule has 0 amide bonds. The molecule has 2 rings (SSSR count). The molecule has 0 aliphatic carbocycles. The zero-order chi connectivity index (χ0) is 14.9. The number of pyridine rings is 1. The number of hydrogen-bond acceptors (Lipinski definition) is 4. The lowest BCUT2D eigenvalue weighted by atomic mass is 10.2. The molecule has 0 fully saturated rings. The number of ether oxygens (including phenoxy) is 2. The molecule has 0 spiro atoms. The number of aromatic nitrogens is 1. The van der Waals surface area contributed by atoms with Gasteiger partial charge in [0.05, 0.1) is 12.3 Å². The van der Waals surface area contributed by atoms with Crippen molar-refractivity contribution in [3.63, 3.8) is 0 Å². The molecule has 2 aromatic rings. The first-order valence-electron chi connectivity index (χ1n) is 6.80. The fraction of sp³-hybridized carbons (Fsp3) is 0.312. The Morgan fingerprint density at radius 1 is 1.24 bits per heavy atom. The Morgan fingerprint density at radius 3 is 2.90 bits per heavy atom. The molecule has 0 radical (unpaired) electrons. The largest absolute Gasteiger partial charge is 0.487 e. The van der Waals surface area contributed by atoms with Crippen molar-refractivity contribution in [2.75, 3.05) is 20.3 Å². The Kier molecular flexibility index (Phi) is 6.12. The molecular formula is C16H19FN2O2. The van der Waals surface area contributed by atoms with Crippen LogP contribution in [-0.4, -0.2) is 25.2 Å². The van der Waals surface area contributed by atoms with Crippen LogP contribution >= 0.6 is 0 Å². The second-order valence-corrected chi connectivity index (χ2v) is 4.57. The lowest BCUT2D eigenvalue weighted by Crippen LogP contribution is -2.18. The van der Waals surface area contributed by atoms with Crippen molar-refractivity contribution in [2.24, 2.45) is 0 Å². The fourth-order valence-electron chi connectivity index (χ4n) is 1.85. The summed E-state index contributed by atoms with van der Waals surface area (Å²) in [6, 6.07) is 10.3. The van der Waals surface area contributed by atoms with Crippen LogP contribution in [0.25, 0.3) is 0 Å². The summed E-state index contributed by atoms with van der Waals surface area (Å²) in [4.78, 5) is 4.16. The van der Waals surface area contributed by atoms with Gasteiger partial charge in [0.25, 0.3) is 0 Å². The van der Waals surface area contributed by atoms with Crippen LogP contribution in [0.1, 0.15) is 11.3 Å². The highest BCUT2D eigenvalue weighted by molar-refractivity contribution is 5.29. The highest BCUT2D eigenvalue weighted by Gasteiger charge is 2.03. The van der Waals surface area contributed by atoms with Crippen molar-refractivity contribution < 1.29 is 13.9 Å². The van der Waals surface area contributed by atoms with Crippen molar-refractivity contribution in [3.05, 3.63) is 59.7 Å². The molecule has 1 aromatic heterocycles. The summed E-state index contributed by atoms with van der Waals surface area (Å²) >= 11 is 0. The number of nitrogens with one attached hydrogen (secondary N) is 1. The molecule has 1 heterocycles. The Hall–Kier alpha value is -1.98. The maximum absolute atomic E-state index is 13.6. The third kappa shape index (κ3) is 5.49. The smallest absolute Gasteiger partial charge is 0.130 e. The summed E-state index contributed by atoms with van der Waals surface area (Å²) < 4.78 is 24.1. The first-order valence-corrected chi connectivity index (χ1v) is 6.80. The van der Waals surface area contributed by atoms with Gasteiger partial charge in [-0.15, -0.1) is 0 Å². The van der Waals surface area contributed by atoms with E-state index >= 15 is 0 Å². The number of nitrogens with zero attached hydrogens (tertiary/aromatic N) is 1. The van der Waals surface area contributed by atoms with E-state index in [0.717, 1.165) is 17.8 Å². The number of rotatable bonds is 8. The molecule has 1 N–H and O–H groups in total. The van der Waals surface area contributed by atoms with Crippen LogP contribution in [0.3, 0.4) is 0 Å². The van der Waals surface area contributed by atoms with Crippen LogP contribution < -0.4 is 10.1 Å². The minimum Gasteiger partial charge on any atom is -0.487 e. The average molecular weight is 290 g/mol. The van der Waals surface area contributed by atoms with Gasteiger partial charge in [-0.3, -0.25) is 4.98 Å². The minimum absolute atomic E-state index is 0.308. The Morgan fingerprint density at radius 2 is 2.14 bits per heavy atom. The molecule has 0 aliphatic rings. The van der Waals surface area contributed by atoms with Crippen molar-refractivity contribution in [1.82, 2.24) is 10.3 Å². The van der Waals surface area contributed by atoms with E-state index in [9.17, 15) is 4.39 Å². The standard InChI is InChI=1S/C16H19FN2O2/c1-20-7-6-18-11-13-8-14(17)10-16(9-13)21-12-15-4-2-3-5-19-15/h2-5,8-10,18H,6-7,11-12H2,1H3. The quantitative estimate of drug-likeness (QED) is 0.759. The second kappa shape index (κ2) is 8.34. The first kappa shape index (κ1) is 15.4. The van der Waals surface area contributed by atoms with Gasteiger partial charge >= 0.3 is 0 Å². The van der Waals surface area contributed by atoms with E-state index in [1.54, 1.807) is 13.3 Å². The Bertz CT molecular complexity index is 549. The topological polar surface area (TPSA) is 43.4 Å². The van der Waals surface area contributed by atoms with Gasteiger partial charge in [-0.2, -0.15) is 0 Å². The van der Waals surface area contributed by atoms with Crippen molar-refractivity contribution in [2.45, 2.75) is 13.2 Å². The lowest BCUT2D eigenvalue weighted by Gasteiger charge is -2.09.